The van der Waals surface area contributed by atoms with Crippen LogP contribution in [0.2, 0.25) is 0 Å². The number of aromatic nitrogens is 2. The third-order valence-corrected chi connectivity index (χ3v) is 6.96. The van der Waals surface area contributed by atoms with Crippen LogP contribution in [0.5, 0.6) is 0 Å². The number of fused-ring (bicyclic) bond motifs is 2. The van der Waals surface area contributed by atoms with Crippen molar-refractivity contribution in [2.24, 2.45) is 0 Å². The predicted molar refractivity (Wildman–Crippen MR) is 119 cm³/mol. The first-order valence-electron chi connectivity index (χ1n) is 10.1. The summed E-state index contributed by atoms with van der Waals surface area (Å²) < 4.78 is 1.22. The van der Waals surface area contributed by atoms with Crippen LogP contribution in [0, 0.1) is 13.8 Å². The number of benzene rings is 2. The van der Waals surface area contributed by atoms with Crippen molar-refractivity contribution in [3.8, 4) is 0 Å². The van der Waals surface area contributed by atoms with Crippen LogP contribution in [0.4, 0.5) is 0 Å². The van der Waals surface area contributed by atoms with Crippen molar-refractivity contribution >= 4 is 38.4 Å². The second-order valence-electron chi connectivity index (χ2n) is 7.93. The normalized spacial score (nSPS) is 17.2. The second kappa shape index (κ2) is 7.23. The van der Waals surface area contributed by atoms with Crippen molar-refractivity contribution in [2.75, 3.05) is 13.1 Å². The van der Waals surface area contributed by atoms with Crippen molar-refractivity contribution in [2.45, 2.75) is 32.6 Å². The molecule has 1 fully saturated rings. The number of pyridine rings is 1. The van der Waals surface area contributed by atoms with Crippen LogP contribution in [0.3, 0.4) is 0 Å². The molecule has 1 saturated heterocycles. The van der Waals surface area contributed by atoms with Gasteiger partial charge in [-0.25, -0.2) is 4.98 Å². The van der Waals surface area contributed by atoms with Gasteiger partial charge in [0.25, 0.3) is 5.91 Å². The molecule has 0 bridgehead atoms. The number of thiazole rings is 1. The zero-order valence-electron chi connectivity index (χ0n) is 16.7. The van der Waals surface area contributed by atoms with E-state index in [2.05, 4.69) is 42.2 Å². The Morgan fingerprint density at radius 2 is 1.93 bits per heavy atom. The predicted octanol–water partition coefficient (Wildman–Crippen LogP) is 5.48. The van der Waals surface area contributed by atoms with Gasteiger partial charge in [-0.05, 0) is 57.0 Å². The lowest BCUT2D eigenvalue weighted by Gasteiger charge is -2.32. The summed E-state index contributed by atoms with van der Waals surface area (Å²) >= 11 is 1.76. The standard InChI is InChI=1S/C24H23N3OS/c1-15-9-10-20-18(12-15)13-19(16(2)25-20)24(28)27-11-5-6-17(14-27)23-26-21-7-3-4-8-22(21)29-23/h3-4,7-10,12-13,17H,5-6,11,14H2,1-2H3. The molecule has 0 spiro atoms. The number of piperidine rings is 1. The minimum atomic E-state index is 0.0872. The molecule has 1 aliphatic heterocycles. The Hall–Kier alpha value is -2.79. The fourth-order valence-electron chi connectivity index (χ4n) is 4.21. The molecule has 2 aromatic carbocycles. The molecule has 0 N–H and O–H groups in total. The van der Waals surface area contributed by atoms with Gasteiger partial charge in [-0.2, -0.15) is 0 Å². The van der Waals surface area contributed by atoms with Crippen LogP contribution >= 0.6 is 11.3 Å². The van der Waals surface area contributed by atoms with E-state index in [1.807, 2.05) is 30.0 Å². The number of nitrogens with zero attached hydrogens (tertiary/aromatic N) is 3. The van der Waals surface area contributed by atoms with E-state index in [1.54, 1.807) is 11.3 Å². The second-order valence-corrected chi connectivity index (χ2v) is 8.99. The van der Waals surface area contributed by atoms with Crippen LogP contribution in [-0.2, 0) is 0 Å². The summed E-state index contributed by atoms with van der Waals surface area (Å²) in [5, 5.41) is 2.17. The minimum Gasteiger partial charge on any atom is -0.338 e. The van der Waals surface area contributed by atoms with E-state index in [1.165, 1.54) is 10.3 Å². The number of likely N-dealkylation sites (tertiary alicyclic amines) is 1. The van der Waals surface area contributed by atoms with Gasteiger partial charge in [0.05, 0.1) is 32.0 Å². The smallest absolute Gasteiger partial charge is 0.255 e. The molecule has 4 nitrogen and oxygen atoms in total. The molecule has 1 atom stereocenters. The van der Waals surface area contributed by atoms with Crippen molar-refractivity contribution in [3.05, 3.63) is 70.4 Å². The summed E-state index contributed by atoms with van der Waals surface area (Å²) in [6, 6.07) is 16.5. The van der Waals surface area contributed by atoms with Gasteiger partial charge in [0.15, 0.2) is 0 Å². The Balaban J connectivity index is 1.43. The number of rotatable bonds is 2. The van der Waals surface area contributed by atoms with Gasteiger partial charge in [0.1, 0.15) is 0 Å². The molecule has 5 rings (SSSR count). The maximum atomic E-state index is 13.4. The Bertz CT molecular complexity index is 1200. The van der Waals surface area contributed by atoms with E-state index in [0.29, 0.717) is 11.5 Å². The topological polar surface area (TPSA) is 46.1 Å². The van der Waals surface area contributed by atoms with E-state index in [-0.39, 0.29) is 5.91 Å². The van der Waals surface area contributed by atoms with Crippen LogP contribution in [0.1, 0.15) is 45.4 Å². The quantitative estimate of drug-likeness (QED) is 0.447. The van der Waals surface area contributed by atoms with Gasteiger partial charge >= 0.3 is 0 Å². The molecule has 3 heterocycles. The van der Waals surface area contributed by atoms with Crippen LogP contribution in [0.25, 0.3) is 21.1 Å². The molecular formula is C24H23N3OS. The zero-order valence-corrected chi connectivity index (χ0v) is 17.5. The van der Waals surface area contributed by atoms with E-state index in [9.17, 15) is 4.79 Å². The van der Waals surface area contributed by atoms with E-state index in [4.69, 9.17) is 4.98 Å². The number of carbonyl (C=O) groups excluding carboxylic acids is 1. The van der Waals surface area contributed by atoms with Crippen molar-refractivity contribution in [3.63, 3.8) is 0 Å². The summed E-state index contributed by atoms with van der Waals surface area (Å²) in [7, 11) is 0. The molecule has 1 amide bonds. The molecule has 2 aromatic heterocycles. The molecule has 146 valence electrons. The summed E-state index contributed by atoms with van der Waals surface area (Å²) in [5.74, 6) is 0.394. The Labute approximate surface area is 174 Å². The summed E-state index contributed by atoms with van der Waals surface area (Å²) in [6.45, 7) is 5.52. The minimum absolute atomic E-state index is 0.0872. The van der Waals surface area contributed by atoms with Crippen LogP contribution in [-0.4, -0.2) is 33.9 Å². The first-order valence-corrected chi connectivity index (χ1v) is 10.9. The summed E-state index contributed by atoms with van der Waals surface area (Å²) in [6.07, 6.45) is 2.09. The molecule has 5 heteroatoms. The molecule has 0 saturated carbocycles. The lowest BCUT2D eigenvalue weighted by Crippen LogP contribution is -2.39. The van der Waals surface area contributed by atoms with Crippen molar-refractivity contribution in [1.29, 1.82) is 0 Å². The monoisotopic (exact) mass is 401 g/mol. The van der Waals surface area contributed by atoms with E-state index in [0.717, 1.165) is 53.1 Å². The highest BCUT2D eigenvalue weighted by molar-refractivity contribution is 7.18. The van der Waals surface area contributed by atoms with Crippen molar-refractivity contribution < 1.29 is 4.79 Å². The molecule has 4 aromatic rings. The van der Waals surface area contributed by atoms with Gasteiger partial charge < -0.3 is 4.90 Å². The lowest BCUT2D eigenvalue weighted by atomic mass is 9.97. The number of hydrogen-bond acceptors (Lipinski definition) is 4. The molecule has 1 aliphatic rings. The molecule has 29 heavy (non-hydrogen) atoms. The first kappa shape index (κ1) is 18.3. The van der Waals surface area contributed by atoms with E-state index >= 15 is 0 Å². The number of aryl methyl sites for hydroxylation is 2. The lowest BCUT2D eigenvalue weighted by molar-refractivity contribution is 0.0706. The number of para-hydroxylation sites is 1. The Kier molecular flexibility index (Phi) is 4.55. The molecule has 0 aliphatic carbocycles. The Morgan fingerprint density at radius 1 is 1.07 bits per heavy atom. The highest BCUT2D eigenvalue weighted by Gasteiger charge is 2.28. The fourth-order valence-corrected chi connectivity index (χ4v) is 5.30. The molecule has 0 radical (unpaired) electrons. The SMILES string of the molecule is Cc1ccc2nc(C)c(C(=O)N3CCCC(c4nc5ccccc5s4)C3)cc2c1. The maximum Gasteiger partial charge on any atom is 0.255 e. The van der Waals surface area contributed by atoms with Crippen molar-refractivity contribution in [1.82, 2.24) is 14.9 Å². The first-order chi connectivity index (χ1) is 14.1. The summed E-state index contributed by atoms with van der Waals surface area (Å²) in [4.78, 5) is 24.9. The maximum absolute atomic E-state index is 13.4. The third-order valence-electron chi connectivity index (χ3n) is 5.76. The number of hydrogen-bond donors (Lipinski definition) is 0. The van der Waals surface area contributed by atoms with Gasteiger partial charge in [-0.1, -0.05) is 23.8 Å². The number of carbonyl (C=O) groups is 1. The highest BCUT2D eigenvalue weighted by atomic mass is 32.1. The molecule has 1 unspecified atom stereocenters. The number of amides is 1. The fraction of sp³-hybridized carbons (Fsp3) is 0.292. The molecular weight excluding hydrogens is 378 g/mol. The third kappa shape index (κ3) is 3.40. The van der Waals surface area contributed by atoms with Gasteiger partial charge in [-0.3, -0.25) is 9.78 Å². The van der Waals surface area contributed by atoms with Gasteiger partial charge in [0.2, 0.25) is 0 Å². The van der Waals surface area contributed by atoms with Crippen LogP contribution in [0.15, 0.2) is 48.5 Å². The summed E-state index contributed by atoms with van der Waals surface area (Å²) in [5.41, 5.74) is 4.69. The van der Waals surface area contributed by atoms with Gasteiger partial charge in [-0.15, -0.1) is 11.3 Å². The van der Waals surface area contributed by atoms with Crippen LogP contribution < -0.4 is 0 Å². The van der Waals surface area contributed by atoms with E-state index < -0.39 is 0 Å². The largest absolute Gasteiger partial charge is 0.338 e. The average Bonchev–Trinajstić information content (AvgIpc) is 3.17. The average molecular weight is 402 g/mol. The van der Waals surface area contributed by atoms with Gasteiger partial charge in [0, 0.05) is 24.4 Å². The Morgan fingerprint density at radius 3 is 2.79 bits per heavy atom. The highest BCUT2D eigenvalue weighted by Crippen LogP contribution is 2.33. The zero-order chi connectivity index (χ0) is 20.0.